The van der Waals surface area contributed by atoms with Crippen LogP contribution in [0, 0.1) is 43.4 Å². The molecule has 0 fully saturated rings. The minimum Gasteiger partial charge on any atom is -0.446 e. The molecule has 14 heteroatoms. The van der Waals surface area contributed by atoms with Crippen LogP contribution in [-0.4, -0.2) is 82.7 Å². The van der Waals surface area contributed by atoms with E-state index in [1.54, 1.807) is 48.5 Å². The zero-order chi connectivity index (χ0) is 38.5. The van der Waals surface area contributed by atoms with Crippen LogP contribution in [0.25, 0.3) is 0 Å². The molecular formula is C36H64N6O8. The van der Waals surface area contributed by atoms with E-state index < -0.39 is 65.5 Å². The predicted molar refractivity (Wildman–Crippen MR) is 191 cm³/mol. The third-order valence-corrected chi connectivity index (χ3v) is 7.92. The number of ether oxygens (including phenoxy) is 1. The Hall–Kier alpha value is -3.68. The van der Waals surface area contributed by atoms with Crippen molar-refractivity contribution in [3.8, 4) is 0 Å². The number of carbonyl (C=O) groups excluding carboxylic acids is 5. The molecule has 0 aliphatic heterocycles. The summed E-state index contributed by atoms with van der Waals surface area (Å²) >= 11 is 0. The first kappa shape index (κ1) is 44.3. The maximum atomic E-state index is 13.8. The molecule has 0 aliphatic carbocycles. The summed E-state index contributed by atoms with van der Waals surface area (Å²) in [6.07, 6.45) is -1.25. The van der Waals surface area contributed by atoms with Gasteiger partial charge in [-0.1, -0.05) is 55.4 Å². The van der Waals surface area contributed by atoms with Crippen LogP contribution in [0.3, 0.4) is 0 Å². The quantitative estimate of drug-likeness (QED) is 0.125. The highest BCUT2D eigenvalue weighted by atomic mass is 16.6. The van der Waals surface area contributed by atoms with Gasteiger partial charge in [0, 0.05) is 31.7 Å². The molecule has 1 heterocycles. The van der Waals surface area contributed by atoms with Crippen LogP contribution in [0.4, 0.5) is 4.79 Å². The second kappa shape index (κ2) is 20.2. The van der Waals surface area contributed by atoms with Gasteiger partial charge in [0.15, 0.2) is 5.89 Å². The standard InChI is InChI=1S/C36H64N6O8/c1-19(2)14-27(29(43)16-23(8)32(45)42-30(21(5)6)34(47)37-17-20(3)4)40-33(46)28(18-38-35(48)50-36(11,12)13)41-31(44)22(7)15-26-24(9)49-25(10)39-26/h19-23,27-30,43H,14-18H2,1-13H3,(H,37,47)(H,38,48)(H,40,46)(H,41,44)(H,42,45). The molecule has 0 bridgehead atoms. The Morgan fingerprint density at radius 3 is 1.86 bits per heavy atom. The lowest BCUT2D eigenvalue weighted by Crippen LogP contribution is -2.57. The van der Waals surface area contributed by atoms with Gasteiger partial charge in [-0.05, 0) is 58.3 Å². The molecule has 5 amide bonds. The smallest absolute Gasteiger partial charge is 0.407 e. The van der Waals surface area contributed by atoms with E-state index in [-0.39, 0.29) is 43.0 Å². The summed E-state index contributed by atoms with van der Waals surface area (Å²) in [4.78, 5) is 69.9. The molecule has 1 rings (SSSR count). The van der Waals surface area contributed by atoms with E-state index in [9.17, 15) is 29.1 Å². The Labute approximate surface area is 298 Å². The third-order valence-electron chi connectivity index (χ3n) is 7.92. The van der Waals surface area contributed by atoms with Crippen molar-refractivity contribution < 1.29 is 38.2 Å². The van der Waals surface area contributed by atoms with Crippen LogP contribution in [-0.2, 0) is 30.3 Å². The molecular weight excluding hydrogens is 644 g/mol. The Kier molecular flexibility index (Phi) is 17.9. The first-order valence-electron chi connectivity index (χ1n) is 17.8. The molecule has 0 radical (unpaired) electrons. The Morgan fingerprint density at radius 1 is 0.760 bits per heavy atom. The molecule has 0 aromatic carbocycles. The molecule has 50 heavy (non-hydrogen) atoms. The average molecular weight is 709 g/mol. The summed E-state index contributed by atoms with van der Waals surface area (Å²) in [5.74, 6) is -1.79. The van der Waals surface area contributed by atoms with Gasteiger partial charge in [-0.3, -0.25) is 19.2 Å². The van der Waals surface area contributed by atoms with Gasteiger partial charge < -0.3 is 40.8 Å². The lowest BCUT2D eigenvalue weighted by molar-refractivity contribution is -0.133. The molecule has 0 saturated heterocycles. The zero-order valence-corrected chi connectivity index (χ0v) is 32.5. The fourth-order valence-electron chi connectivity index (χ4n) is 5.15. The summed E-state index contributed by atoms with van der Waals surface area (Å²) in [5.41, 5.74) is -0.150. The van der Waals surface area contributed by atoms with E-state index >= 15 is 0 Å². The average Bonchev–Trinajstić information content (AvgIpc) is 3.29. The summed E-state index contributed by atoms with van der Waals surface area (Å²) in [6.45, 7) is 23.7. The SMILES string of the molecule is Cc1nc(CC(C)C(=O)NC(CNC(=O)OC(C)(C)C)C(=O)NC(CC(C)C)C(O)CC(C)C(=O)NC(C(=O)NCC(C)C)C(C)C)c(C)o1. The van der Waals surface area contributed by atoms with Gasteiger partial charge in [0.1, 0.15) is 23.4 Å². The number of nitrogens with zero attached hydrogens (tertiary/aromatic N) is 1. The van der Waals surface area contributed by atoms with Crippen LogP contribution in [0.1, 0.15) is 106 Å². The molecule has 0 spiro atoms. The van der Waals surface area contributed by atoms with Crippen molar-refractivity contribution in [2.75, 3.05) is 13.1 Å². The molecule has 286 valence electrons. The summed E-state index contributed by atoms with van der Waals surface area (Å²) < 4.78 is 10.8. The normalized spacial score (nSPS) is 15.5. The summed E-state index contributed by atoms with van der Waals surface area (Å²) in [6, 6.07) is -2.74. The number of aliphatic hydroxyl groups excluding tert-OH is 1. The second-order valence-corrected chi connectivity index (χ2v) is 15.6. The van der Waals surface area contributed by atoms with E-state index in [0.29, 0.717) is 30.3 Å². The molecule has 1 aromatic rings. The van der Waals surface area contributed by atoms with Crippen molar-refractivity contribution >= 4 is 29.7 Å². The third kappa shape index (κ3) is 16.4. The number of amides is 5. The number of alkyl carbamates (subject to hydrolysis) is 1. The topological polar surface area (TPSA) is 201 Å². The minimum atomic E-state index is -1.21. The van der Waals surface area contributed by atoms with Crippen LogP contribution < -0.4 is 26.6 Å². The lowest BCUT2D eigenvalue weighted by Gasteiger charge is -2.30. The Morgan fingerprint density at radius 2 is 1.36 bits per heavy atom. The van der Waals surface area contributed by atoms with Crippen molar-refractivity contribution in [3.63, 3.8) is 0 Å². The number of aliphatic hydroxyl groups is 1. The van der Waals surface area contributed by atoms with Crippen LogP contribution in [0.15, 0.2) is 4.42 Å². The van der Waals surface area contributed by atoms with Gasteiger partial charge in [0.05, 0.1) is 24.4 Å². The number of aryl methyl sites for hydroxylation is 2. The number of aromatic nitrogens is 1. The van der Waals surface area contributed by atoms with E-state index in [1.165, 1.54) is 0 Å². The fraction of sp³-hybridized carbons (Fsp3) is 0.778. The zero-order valence-electron chi connectivity index (χ0n) is 32.5. The lowest BCUT2D eigenvalue weighted by atomic mass is 9.91. The fourth-order valence-corrected chi connectivity index (χ4v) is 5.15. The van der Waals surface area contributed by atoms with Crippen molar-refractivity contribution in [1.82, 2.24) is 31.6 Å². The van der Waals surface area contributed by atoms with Gasteiger partial charge in [0.25, 0.3) is 0 Å². The molecule has 1 aromatic heterocycles. The van der Waals surface area contributed by atoms with Gasteiger partial charge in [-0.2, -0.15) is 0 Å². The van der Waals surface area contributed by atoms with Gasteiger partial charge in [-0.25, -0.2) is 9.78 Å². The molecule has 6 N–H and O–H groups in total. The number of hydrogen-bond donors (Lipinski definition) is 6. The van der Waals surface area contributed by atoms with E-state index in [0.717, 1.165) is 0 Å². The number of carbonyl (C=O) groups is 5. The van der Waals surface area contributed by atoms with Crippen LogP contribution in [0.2, 0.25) is 0 Å². The highest BCUT2D eigenvalue weighted by Gasteiger charge is 2.33. The van der Waals surface area contributed by atoms with Crippen molar-refractivity contribution in [3.05, 3.63) is 17.3 Å². The largest absolute Gasteiger partial charge is 0.446 e. The first-order chi connectivity index (χ1) is 23.0. The number of oxazole rings is 1. The Bertz CT molecular complexity index is 1270. The molecule has 0 aliphatic rings. The predicted octanol–water partition coefficient (Wildman–Crippen LogP) is 3.31. The van der Waals surface area contributed by atoms with Crippen LogP contribution >= 0.6 is 0 Å². The van der Waals surface area contributed by atoms with Crippen molar-refractivity contribution in [2.24, 2.45) is 29.6 Å². The van der Waals surface area contributed by atoms with E-state index in [2.05, 4.69) is 31.6 Å². The maximum absolute atomic E-state index is 13.8. The van der Waals surface area contributed by atoms with Gasteiger partial charge >= 0.3 is 6.09 Å². The maximum Gasteiger partial charge on any atom is 0.407 e. The van der Waals surface area contributed by atoms with Crippen LogP contribution in [0.5, 0.6) is 0 Å². The first-order valence-corrected chi connectivity index (χ1v) is 17.8. The van der Waals surface area contributed by atoms with Crippen molar-refractivity contribution in [2.45, 2.75) is 139 Å². The van der Waals surface area contributed by atoms with E-state index in [1.807, 2.05) is 41.5 Å². The highest BCUT2D eigenvalue weighted by Crippen LogP contribution is 2.18. The molecule has 6 atom stereocenters. The van der Waals surface area contributed by atoms with E-state index in [4.69, 9.17) is 9.15 Å². The minimum absolute atomic E-state index is 0.00259. The summed E-state index contributed by atoms with van der Waals surface area (Å²) in [7, 11) is 0. The number of nitrogens with one attached hydrogen (secondary N) is 5. The highest BCUT2D eigenvalue weighted by molar-refractivity contribution is 5.90. The molecule has 6 unspecified atom stereocenters. The molecule has 0 saturated carbocycles. The molecule has 14 nitrogen and oxygen atoms in total. The van der Waals surface area contributed by atoms with Crippen molar-refractivity contribution in [1.29, 1.82) is 0 Å². The number of hydrogen-bond acceptors (Lipinski definition) is 9. The Balaban J connectivity index is 3.12. The second-order valence-electron chi connectivity index (χ2n) is 15.6. The van der Waals surface area contributed by atoms with Gasteiger partial charge in [0.2, 0.25) is 23.6 Å². The number of rotatable bonds is 19. The summed E-state index contributed by atoms with van der Waals surface area (Å²) in [5, 5.41) is 25.2. The monoisotopic (exact) mass is 708 g/mol. The van der Waals surface area contributed by atoms with Gasteiger partial charge in [-0.15, -0.1) is 0 Å².